The molecule has 44 heavy (non-hydrogen) atoms. The standard InChI is InChI=1S/C35H47N3O6/c1-21(2)19-28(32(40)38-18-12-17-29(38)33(41)44-35(5,6)7)36-31(39)30(22(3)4)37-34(42)43-20-27-25-15-10-8-13-23(25)24-14-9-11-16-26(24)27/h8-11,13-16,21-22,27-30H,12,17-20H2,1-7H3,(H,36,39)(H,37,42)/t28-,29-,30-/m0/s1. The van der Waals surface area contributed by atoms with E-state index in [9.17, 15) is 19.2 Å². The van der Waals surface area contributed by atoms with Gasteiger partial charge < -0.3 is 25.0 Å². The molecule has 3 atom stereocenters. The van der Waals surface area contributed by atoms with Gasteiger partial charge in [0.05, 0.1) is 0 Å². The number of benzene rings is 2. The molecule has 1 aliphatic heterocycles. The monoisotopic (exact) mass is 605 g/mol. The van der Waals surface area contributed by atoms with E-state index in [-0.39, 0.29) is 30.3 Å². The van der Waals surface area contributed by atoms with Crippen molar-refractivity contribution in [3.63, 3.8) is 0 Å². The molecular formula is C35H47N3O6. The zero-order valence-corrected chi connectivity index (χ0v) is 27.0. The SMILES string of the molecule is CC(C)C[C@H](NC(=O)[C@@H](NC(=O)OCC1c2ccccc2-c2ccccc21)C(C)C)C(=O)N1CCC[C@H]1C(=O)OC(C)(C)C. The number of alkyl carbamates (subject to hydrolysis) is 1. The predicted octanol–water partition coefficient (Wildman–Crippen LogP) is 5.41. The second-order valence-electron chi connectivity index (χ2n) is 13.6. The molecular weight excluding hydrogens is 558 g/mol. The number of fused-ring (bicyclic) bond motifs is 3. The summed E-state index contributed by atoms with van der Waals surface area (Å²) in [5.41, 5.74) is 3.78. The van der Waals surface area contributed by atoms with Gasteiger partial charge >= 0.3 is 12.1 Å². The van der Waals surface area contributed by atoms with Crippen molar-refractivity contribution < 1.29 is 28.7 Å². The molecule has 9 heteroatoms. The summed E-state index contributed by atoms with van der Waals surface area (Å²) in [4.78, 5) is 54.8. The molecule has 1 saturated heterocycles. The van der Waals surface area contributed by atoms with Crippen LogP contribution in [0.2, 0.25) is 0 Å². The molecule has 0 radical (unpaired) electrons. The highest BCUT2D eigenvalue weighted by Crippen LogP contribution is 2.44. The van der Waals surface area contributed by atoms with Gasteiger partial charge in [0.25, 0.3) is 0 Å². The van der Waals surface area contributed by atoms with Crippen LogP contribution in [0.15, 0.2) is 48.5 Å². The number of hydrogen-bond acceptors (Lipinski definition) is 6. The summed E-state index contributed by atoms with van der Waals surface area (Å²) < 4.78 is 11.3. The molecule has 0 aromatic heterocycles. The molecule has 4 rings (SSSR count). The molecule has 0 saturated carbocycles. The van der Waals surface area contributed by atoms with Crippen LogP contribution in [-0.4, -0.2) is 65.7 Å². The Labute approximate surface area is 261 Å². The summed E-state index contributed by atoms with van der Waals surface area (Å²) in [6, 6.07) is 13.7. The highest BCUT2D eigenvalue weighted by molar-refractivity contribution is 5.93. The van der Waals surface area contributed by atoms with E-state index >= 15 is 0 Å². The minimum Gasteiger partial charge on any atom is -0.458 e. The number of amides is 3. The number of rotatable bonds is 10. The van der Waals surface area contributed by atoms with Gasteiger partial charge in [-0.15, -0.1) is 0 Å². The lowest BCUT2D eigenvalue weighted by atomic mass is 9.98. The van der Waals surface area contributed by atoms with Crippen molar-refractivity contribution in [3.8, 4) is 11.1 Å². The molecule has 0 spiro atoms. The Morgan fingerprint density at radius 2 is 1.50 bits per heavy atom. The Bertz CT molecular complexity index is 1320. The van der Waals surface area contributed by atoms with E-state index in [1.807, 2.05) is 64.1 Å². The molecule has 1 aliphatic carbocycles. The minimum atomic E-state index is -0.923. The van der Waals surface area contributed by atoms with Crippen molar-refractivity contribution in [2.24, 2.45) is 11.8 Å². The van der Waals surface area contributed by atoms with Crippen LogP contribution < -0.4 is 10.6 Å². The van der Waals surface area contributed by atoms with Crippen LogP contribution in [0.3, 0.4) is 0 Å². The third-order valence-corrected chi connectivity index (χ3v) is 8.10. The zero-order chi connectivity index (χ0) is 32.2. The van der Waals surface area contributed by atoms with Gasteiger partial charge in [0.2, 0.25) is 11.8 Å². The van der Waals surface area contributed by atoms with Crippen molar-refractivity contribution in [3.05, 3.63) is 59.7 Å². The van der Waals surface area contributed by atoms with Gasteiger partial charge in [0.15, 0.2) is 0 Å². The third-order valence-electron chi connectivity index (χ3n) is 8.10. The Morgan fingerprint density at radius 3 is 2.05 bits per heavy atom. The number of ether oxygens (including phenoxy) is 2. The van der Waals surface area contributed by atoms with E-state index in [1.165, 1.54) is 4.90 Å². The lowest BCUT2D eigenvalue weighted by Gasteiger charge is -2.32. The van der Waals surface area contributed by atoms with Gasteiger partial charge in [-0.25, -0.2) is 9.59 Å². The lowest BCUT2D eigenvalue weighted by Crippen LogP contribution is -2.57. The molecule has 3 amide bonds. The first-order valence-electron chi connectivity index (χ1n) is 15.7. The van der Waals surface area contributed by atoms with E-state index in [1.54, 1.807) is 20.8 Å². The predicted molar refractivity (Wildman–Crippen MR) is 169 cm³/mol. The van der Waals surface area contributed by atoms with Crippen molar-refractivity contribution in [2.45, 2.75) is 97.4 Å². The molecule has 1 heterocycles. The van der Waals surface area contributed by atoms with Crippen LogP contribution in [0.5, 0.6) is 0 Å². The molecule has 9 nitrogen and oxygen atoms in total. The third kappa shape index (κ3) is 7.79. The normalized spacial score (nSPS) is 17.6. The zero-order valence-electron chi connectivity index (χ0n) is 27.0. The van der Waals surface area contributed by atoms with E-state index in [0.717, 1.165) is 22.3 Å². The molecule has 2 N–H and O–H groups in total. The second-order valence-corrected chi connectivity index (χ2v) is 13.6. The van der Waals surface area contributed by atoms with Crippen LogP contribution >= 0.6 is 0 Å². The van der Waals surface area contributed by atoms with E-state index in [2.05, 4.69) is 22.8 Å². The van der Waals surface area contributed by atoms with E-state index < -0.39 is 41.7 Å². The first-order valence-corrected chi connectivity index (χ1v) is 15.7. The maximum atomic E-state index is 13.8. The number of esters is 1. The van der Waals surface area contributed by atoms with Crippen molar-refractivity contribution in [1.29, 1.82) is 0 Å². The Hall–Kier alpha value is -3.88. The summed E-state index contributed by atoms with van der Waals surface area (Å²) in [6.45, 7) is 13.5. The first-order chi connectivity index (χ1) is 20.8. The average molecular weight is 606 g/mol. The lowest BCUT2D eigenvalue weighted by molar-refractivity contribution is -0.163. The molecule has 238 valence electrons. The number of carbonyl (C=O) groups is 4. The fourth-order valence-corrected chi connectivity index (χ4v) is 6.10. The van der Waals surface area contributed by atoms with Crippen molar-refractivity contribution in [2.75, 3.05) is 13.2 Å². The number of carbonyl (C=O) groups excluding carboxylic acids is 4. The Balaban J connectivity index is 1.42. The molecule has 1 fully saturated rings. The van der Waals surface area contributed by atoms with Crippen molar-refractivity contribution in [1.82, 2.24) is 15.5 Å². The number of nitrogens with one attached hydrogen (secondary N) is 2. The second kappa shape index (κ2) is 13.8. The quantitative estimate of drug-likeness (QED) is 0.350. The smallest absolute Gasteiger partial charge is 0.407 e. The topological polar surface area (TPSA) is 114 Å². The number of nitrogens with zero attached hydrogens (tertiary/aromatic N) is 1. The molecule has 0 bridgehead atoms. The molecule has 2 aromatic carbocycles. The summed E-state index contributed by atoms with van der Waals surface area (Å²) in [7, 11) is 0. The maximum Gasteiger partial charge on any atom is 0.407 e. The minimum absolute atomic E-state index is 0.0967. The van der Waals surface area contributed by atoms with E-state index in [0.29, 0.717) is 25.8 Å². The molecule has 2 aliphatic rings. The summed E-state index contributed by atoms with van der Waals surface area (Å²) in [5.74, 6) is -1.50. The van der Waals surface area contributed by atoms with Gasteiger partial charge in [0.1, 0.15) is 30.3 Å². The van der Waals surface area contributed by atoms with Crippen LogP contribution in [0.4, 0.5) is 4.79 Å². The fourth-order valence-electron chi connectivity index (χ4n) is 6.10. The molecule has 0 unspecified atom stereocenters. The highest BCUT2D eigenvalue weighted by Gasteiger charge is 2.40. The molecule has 2 aromatic rings. The number of likely N-dealkylation sites (tertiary alicyclic amines) is 1. The maximum absolute atomic E-state index is 13.8. The van der Waals surface area contributed by atoms with Gasteiger partial charge in [0, 0.05) is 12.5 Å². The van der Waals surface area contributed by atoms with Gasteiger partial charge in [-0.3, -0.25) is 9.59 Å². The van der Waals surface area contributed by atoms with Gasteiger partial charge in [-0.05, 0) is 74.1 Å². The largest absolute Gasteiger partial charge is 0.458 e. The summed E-state index contributed by atoms with van der Waals surface area (Å²) in [6.07, 6.45) is 0.881. The van der Waals surface area contributed by atoms with Gasteiger partial charge in [-0.2, -0.15) is 0 Å². The summed E-state index contributed by atoms with van der Waals surface area (Å²) in [5, 5.41) is 5.63. The van der Waals surface area contributed by atoms with Crippen LogP contribution in [0.1, 0.15) is 84.8 Å². The Morgan fingerprint density at radius 1 is 0.909 bits per heavy atom. The average Bonchev–Trinajstić information content (AvgIpc) is 3.56. The fraction of sp³-hybridized carbons (Fsp3) is 0.543. The number of hydrogen-bond donors (Lipinski definition) is 2. The Kier molecular flexibility index (Phi) is 10.4. The van der Waals surface area contributed by atoms with Crippen LogP contribution in [-0.2, 0) is 23.9 Å². The van der Waals surface area contributed by atoms with Crippen molar-refractivity contribution >= 4 is 23.9 Å². The first kappa shape index (κ1) is 33.0. The van der Waals surface area contributed by atoms with E-state index in [4.69, 9.17) is 9.47 Å². The van der Waals surface area contributed by atoms with Crippen LogP contribution in [0, 0.1) is 11.8 Å². The van der Waals surface area contributed by atoms with Gasteiger partial charge in [-0.1, -0.05) is 76.2 Å². The highest BCUT2D eigenvalue weighted by atomic mass is 16.6. The van der Waals surface area contributed by atoms with Crippen LogP contribution in [0.25, 0.3) is 11.1 Å². The summed E-state index contributed by atoms with van der Waals surface area (Å²) >= 11 is 0.